The van der Waals surface area contributed by atoms with Crippen LogP contribution in [0.3, 0.4) is 0 Å². The molecule has 156 valence electrons. The van der Waals surface area contributed by atoms with Gasteiger partial charge in [0.05, 0.1) is 13.2 Å². The summed E-state index contributed by atoms with van der Waals surface area (Å²) < 4.78 is 4.96. The van der Waals surface area contributed by atoms with Crippen LogP contribution in [0.25, 0.3) is 0 Å². The third kappa shape index (κ3) is 7.38. The highest BCUT2D eigenvalue weighted by molar-refractivity contribution is 14.0. The molecule has 3 rings (SSSR count). The standard InChI is InChI=1S/C19H35N5O2.HI/c1-20-19(22-13-17(15-3-4-15)16-5-6-16)24-10-8-23(9-11-24)14-18(25)21-7-12-26-2;/h15-17H,3-14H2,1-2H3,(H,20,22)(H,21,25);1H. The van der Waals surface area contributed by atoms with E-state index in [1.54, 1.807) is 7.11 Å². The molecule has 1 aliphatic heterocycles. The molecular weight excluding hydrogens is 457 g/mol. The highest BCUT2D eigenvalue weighted by Crippen LogP contribution is 2.48. The summed E-state index contributed by atoms with van der Waals surface area (Å²) in [4.78, 5) is 21.0. The van der Waals surface area contributed by atoms with E-state index in [1.165, 1.54) is 25.7 Å². The molecule has 0 atom stereocenters. The number of nitrogens with one attached hydrogen (secondary N) is 2. The van der Waals surface area contributed by atoms with E-state index >= 15 is 0 Å². The van der Waals surface area contributed by atoms with Crippen molar-refractivity contribution in [2.24, 2.45) is 22.7 Å². The largest absolute Gasteiger partial charge is 0.383 e. The van der Waals surface area contributed by atoms with Crippen LogP contribution < -0.4 is 10.6 Å². The van der Waals surface area contributed by atoms with Gasteiger partial charge in [-0.25, -0.2) is 0 Å². The van der Waals surface area contributed by atoms with Crippen molar-refractivity contribution in [2.75, 3.05) is 66.6 Å². The van der Waals surface area contributed by atoms with Crippen LogP contribution in [0.5, 0.6) is 0 Å². The number of amides is 1. The fourth-order valence-electron chi connectivity index (χ4n) is 3.98. The third-order valence-corrected chi connectivity index (χ3v) is 5.83. The first-order valence-corrected chi connectivity index (χ1v) is 10.1. The second-order valence-corrected chi connectivity index (χ2v) is 7.87. The van der Waals surface area contributed by atoms with Crippen LogP contribution in [0, 0.1) is 17.8 Å². The first kappa shape index (κ1) is 22.7. The Morgan fingerprint density at radius 2 is 1.74 bits per heavy atom. The maximum atomic E-state index is 11.9. The number of piperazine rings is 1. The van der Waals surface area contributed by atoms with Gasteiger partial charge in [-0.1, -0.05) is 0 Å². The highest BCUT2D eigenvalue weighted by Gasteiger charge is 2.41. The molecule has 8 heteroatoms. The lowest BCUT2D eigenvalue weighted by Crippen LogP contribution is -2.54. The second-order valence-electron chi connectivity index (χ2n) is 7.87. The van der Waals surface area contributed by atoms with Crippen molar-refractivity contribution in [3.63, 3.8) is 0 Å². The zero-order chi connectivity index (χ0) is 18.4. The Bertz CT molecular complexity index is 476. The van der Waals surface area contributed by atoms with E-state index in [2.05, 4.69) is 25.4 Å². The van der Waals surface area contributed by atoms with E-state index in [9.17, 15) is 4.79 Å². The van der Waals surface area contributed by atoms with Gasteiger partial charge in [-0.3, -0.25) is 14.7 Å². The van der Waals surface area contributed by atoms with Crippen molar-refractivity contribution < 1.29 is 9.53 Å². The molecule has 0 radical (unpaired) electrons. The quantitative estimate of drug-likeness (QED) is 0.217. The molecule has 1 heterocycles. The summed E-state index contributed by atoms with van der Waals surface area (Å²) in [6.07, 6.45) is 5.69. The maximum Gasteiger partial charge on any atom is 0.234 e. The van der Waals surface area contributed by atoms with Gasteiger partial charge >= 0.3 is 0 Å². The fraction of sp³-hybridized carbons (Fsp3) is 0.895. The minimum Gasteiger partial charge on any atom is -0.383 e. The van der Waals surface area contributed by atoms with Crippen LogP contribution >= 0.6 is 24.0 Å². The molecule has 7 nitrogen and oxygen atoms in total. The predicted octanol–water partition coefficient (Wildman–Crippen LogP) is 0.996. The van der Waals surface area contributed by atoms with E-state index in [4.69, 9.17) is 4.74 Å². The second kappa shape index (κ2) is 11.4. The number of carbonyl (C=O) groups is 1. The minimum absolute atomic E-state index is 0. The molecule has 2 aliphatic carbocycles. The molecule has 3 aliphatic rings. The van der Waals surface area contributed by atoms with Crippen LogP contribution in [-0.2, 0) is 9.53 Å². The normalized spacial score (nSPS) is 21.1. The van der Waals surface area contributed by atoms with Crippen molar-refractivity contribution >= 4 is 35.8 Å². The van der Waals surface area contributed by atoms with E-state index in [0.29, 0.717) is 19.7 Å². The number of ether oxygens (including phenoxy) is 1. The Kier molecular flexibility index (Phi) is 9.58. The third-order valence-electron chi connectivity index (χ3n) is 5.83. The van der Waals surface area contributed by atoms with Crippen LogP contribution in [0.1, 0.15) is 25.7 Å². The van der Waals surface area contributed by atoms with Crippen LogP contribution in [-0.4, -0.2) is 88.2 Å². The van der Waals surface area contributed by atoms with Gasteiger partial charge < -0.3 is 20.3 Å². The number of hydrogen-bond acceptors (Lipinski definition) is 4. The van der Waals surface area contributed by atoms with Gasteiger partial charge in [0, 0.05) is 53.4 Å². The number of halogens is 1. The number of guanidine groups is 1. The van der Waals surface area contributed by atoms with Crippen LogP contribution in [0.2, 0.25) is 0 Å². The number of methoxy groups -OCH3 is 1. The SMILES string of the molecule is CN=C(NCC(C1CC1)C1CC1)N1CCN(CC(=O)NCCOC)CC1.I. The molecule has 27 heavy (non-hydrogen) atoms. The molecule has 3 fully saturated rings. The molecule has 2 saturated carbocycles. The minimum atomic E-state index is 0. The monoisotopic (exact) mass is 493 g/mol. The summed E-state index contributed by atoms with van der Waals surface area (Å²) >= 11 is 0. The molecule has 0 aromatic carbocycles. The molecule has 1 saturated heterocycles. The Morgan fingerprint density at radius 3 is 2.26 bits per heavy atom. The number of hydrogen-bond donors (Lipinski definition) is 2. The lowest BCUT2D eigenvalue weighted by Gasteiger charge is -2.36. The molecule has 0 spiro atoms. The maximum absolute atomic E-state index is 11.9. The lowest BCUT2D eigenvalue weighted by molar-refractivity contribution is -0.122. The van der Waals surface area contributed by atoms with Gasteiger partial charge in [0.1, 0.15) is 0 Å². The molecular formula is C19H36IN5O2. The van der Waals surface area contributed by atoms with Gasteiger partial charge in [-0.15, -0.1) is 24.0 Å². The topological polar surface area (TPSA) is 69.2 Å². The Balaban J connectivity index is 0.00000261. The highest BCUT2D eigenvalue weighted by atomic mass is 127. The predicted molar refractivity (Wildman–Crippen MR) is 119 cm³/mol. The smallest absolute Gasteiger partial charge is 0.234 e. The zero-order valence-corrected chi connectivity index (χ0v) is 19.1. The van der Waals surface area contributed by atoms with E-state index in [-0.39, 0.29) is 29.9 Å². The van der Waals surface area contributed by atoms with E-state index in [0.717, 1.165) is 56.4 Å². The molecule has 0 aromatic heterocycles. The summed E-state index contributed by atoms with van der Waals surface area (Å²) in [5.41, 5.74) is 0. The van der Waals surface area contributed by atoms with Crippen molar-refractivity contribution in [2.45, 2.75) is 25.7 Å². The Hall–Kier alpha value is -0.610. The number of carbonyl (C=O) groups excluding carboxylic acids is 1. The molecule has 0 aromatic rings. The average Bonchev–Trinajstić information content (AvgIpc) is 3.54. The Labute approximate surface area is 180 Å². The average molecular weight is 493 g/mol. The lowest BCUT2D eigenvalue weighted by atomic mass is 9.98. The van der Waals surface area contributed by atoms with Crippen molar-refractivity contribution in [3.05, 3.63) is 0 Å². The molecule has 2 N–H and O–H groups in total. The first-order valence-electron chi connectivity index (χ1n) is 10.1. The molecule has 0 bridgehead atoms. The van der Waals surface area contributed by atoms with Gasteiger partial charge in [0.2, 0.25) is 5.91 Å². The zero-order valence-electron chi connectivity index (χ0n) is 16.8. The summed E-state index contributed by atoms with van der Waals surface area (Å²) in [6.45, 7) is 6.31. The summed E-state index contributed by atoms with van der Waals surface area (Å²) in [5, 5.41) is 6.52. The van der Waals surface area contributed by atoms with Crippen molar-refractivity contribution in [1.29, 1.82) is 0 Å². The number of rotatable bonds is 9. The summed E-state index contributed by atoms with van der Waals surface area (Å²) in [5.74, 6) is 3.88. The Morgan fingerprint density at radius 1 is 1.11 bits per heavy atom. The van der Waals surface area contributed by atoms with Crippen molar-refractivity contribution in [1.82, 2.24) is 20.4 Å². The van der Waals surface area contributed by atoms with E-state index < -0.39 is 0 Å². The van der Waals surface area contributed by atoms with Gasteiger partial charge in [0.25, 0.3) is 0 Å². The number of aliphatic imine (C=N–C) groups is 1. The van der Waals surface area contributed by atoms with E-state index in [1.807, 2.05) is 7.05 Å². The summed E-state index contributed by atoms with van der Waals surface area (Å²) in [6, 6.07) is 0. The number of nitrogens with zero attached hydrogens (tertiary/aromatic N) is 3. The van der Waals surface area contributed by atoms with Crippen molar-refractivity contribution in [3.8, 4) is 0 Å². The van der Waals surface area contributed by atoms with Gasteiger partial charge in [-0.2, -0.15) is 0 Å². The van der Waals surface area contributed by atoms with Crippen LogP contribution in [0.4, 0.5) is 0 Å². The fourth-order valence-corrected chi connectivity index (χ4v) is 3.98. The molecule has 0 unspecified atom stereocenters. The van der Waals surface area contributed by atoms with Gasteiger partial charge in [-0.05, 0) is 43.4 Å². The summed E-state index contributed by atoms with van der Waals surface area (Å²) in [7, 11) is 3.52. The van der Waals surface area contributed by atoms with Crippen LogP contribution in [0.15, 0.2) is 4.99 Å². The van der Waals surface area contributed by atoms with Gasteiger partial charge in [0.15, 0.2) is 5.96 Å². The first-order chi connectivity index (χ1) is 12.7. The molecule has 1 amide bonds.